The van der Waals surface area contributed by atoms with Crippen molar-refractivity contribution >= 4 is 6.09 Å². The smallest absolute Gasteiger partial charge is 0.410 e. The van der Waals surface area contributed by atoms with Crippen LogP contribution in [0.3, 0.4) is 0 Å². The third-order valence-electron chi connectivity index (χ3n) is 4.77. The largest absolute Gasteiger partial charge is 0.444 e. The highest BCUT2D eigenvalue weighted by Gasteiger charge is 2.34. The highest BCUT2D eigenvalue weighted by molar-refractivity contribution is 5.69. The molecule has 0 aromatic heterocycles. The van der Waals surface area contributed by atoms with Crippen molar-refractivity contribution in [2.45, 2.75) is 123 Å². The molecule has 136 valence electrons. The second-order valence-corrected chi connectivity index (χ2v) is 8.23. The molecular weight excluding hydrogens is 286 g/mol. The van der Waals surface area contributed by atoms with Crippen molar-refractivity contribution in [3.63, 3.8) is 0 Å². The van der Waals surface area contributed by atoms with E-state index < -0.39 is 5.60 Å². The average Bonchev–Trinajstić information content (AvgIpc) is 2.44. The van der Waals surface area contributed by atoms with Crippen molar-refractivity contribution < 1.29 is 9.53 Å². The quantitative estimate of drug-likeness (QED) is 0.490. The predicted octanol–water partition coefficient (Wildman–Crippen LogP) is 6.31. The molecule has 1 saturated heterocycles. The fraction of sp³-hybridized carbons (Fsp3) is 0.950. The minimum Gasteiger partial charge on any atom is -0.444 e. The van der Waals surface area contributed by atoms with E-state index in [0.717, 1.165) is 19.3 Å². The monoisotopic (exact) mass is 325 g/mol. The van der Waals surface area contributed by atoms with Crippen LogP contribution in [0.5, 0.6) is 0 Å². The summed E-state index contributed by atoms with van der Waals surface area (Å²) < 4.78 is 5.64. The summed E-state index contributed by atoms with van der Waals surface area (Å²) in [5.74, 6) is 0. The molecule has 1 aliphatic heterocycles. The lowest BCUT2D eigenvalue weighted by atomic mass is 9.93. The van der Waals surface area contributed by atoms with Crippen molar-refractivity contribution in [3.8, 4) is 0 Å². The molecule has 0 unspecified atom stereocenters. The van der Waals surface area contributed by atoms with E-state index in [0.29, 0.717) is 12.1 Å². The molecule has 0 aromatic rings. The van der Waals surface area contributed by atoms with Gasteiger partial charge in [0, 0.05) is 12.1 Å². The van der Waals surface area contributed by atoms with Crippen molar-refractivity contribution in [3.05, 3.63) is 0 Å². The van der Waals surface area contributed by atoms with Crippen LogP contribution in [-0.2, 0) is 4.74 Å². The molecule has 0 radical (unpaired) electrons. The molecule has 1 amide bonds. The van der Waals surface area contributed by atoms with Gasteiger partial charge < -0.3 is 9.64 Å². The van der Waals surface area contributed by atoms with E-state index in [1.807, 2.05) is 25.7 Å². The van der Waals surface area contributed by atoms with Crippen LogP contribution < -0.4 is 0 Å². The third-order valence-corrected chi connectivity index (χ3v) is 4.77. The molecule has 3 nitrogen and oxygen atoms in total. The Kier molecular flexibility index (Phi) is 9.01. The maximum atomic E-state index is 12.5. The Bertz CT molecular complexity index is 335. The average molecular weight is 326 g/mol. The molecule has 0 aromatic carbocycles. The van der Waals surface area contributed by atoms with Crippen LogP contribution in [0.15, 0.2) is 0 Å². The predicted molar refractivity (Wildman–Crippen MR) is 97.8 cm³/mol. The lowest BCUT2D eigenvalue weighted by Gasteiger charge is -2.41. The Balaban J connectivity index is 2.39. The van der Waals surface area contributed by atoms with Gasteiger partial charge in [-0.25, -0.2) is 4.79 Å². The summed E-state index contributed by atoms with van der Waals surface area (Å²) in [7, 11) is 0. The van der Waals surface area contributed by atoms with Gasteiger partial charge in [-0.2, -0.15) is 0 Å². The van der Waals surface area contributed by atoms with Gasteiger partial charge in [-0.15, -0.1) is 0 Å². The molecule has 0 saturated carbocycles. The van der Waals surface area contributed by atoms with Crippen LogP contribution in [0.4, 0.5) is 4.79 Å². The van der Waals surface area contributed by atoms with E-state index >= 15 is 0 Å². The summed E-state index contributed by atoms with van der Waals surface area (Å²) >= 11 is 0. The van der Waals surface area contributed by atoms with E-state index in [-0.39, 0.29) is 6.09 Å². The molecule has 3 heteroatoms. The maximum Gasteiger partial charge on any atom is 0.410 e. The van der Waals surface area contributed by atoms with Crippen LogP contribution in [0, 0.1) is 0 Å². The molecule has 0 N–H and O–H groups in total. The zero-order valence-electron chi connectivity index (χ0n) is 16.2. The third kappa shape index (κ3) is 8.08. The van der Waals surface area contributed by atoms with Crippen LogP contribution in [0.25, 0.3) is 0 Å². The van der Waals surface area contributed by atoms with E-state index in [1.54, 1.807) is 0 Å². The zero-order chi connectivity index (χ0) is 17.3. The lowest BCUT2D eigenvalue weighted by Crippen LogP contribution is -2.50. The van der Waals surface area contributed by atoms with Crippen LogP contribution in [0.2, 0.25) is 0 Å². The second-order valence-electron chi connectivity index (χ2n) is 8.23. The number of carbonyl (C=O) groups excluding carboxylic acids is 1. The zero-order valence-corrected chi connectivity index (χ0v) is 16.2. The normalized spacial score (nSPS) is 22.2. The summed E-state index contributed by atoms with van der Waals surface area (Å²) in [6, 6.07) is 0.692. The van der Waals surface area contributed by atoms with Crippen LogP contribution in [0.1, 0.15) is 105 Å². The van der Waals surface area contributed by atoms with Crippen molar-refractivity contribution in [2.75, 3.05) is 0 Å². The topological polar surface area (TPSA) is 29.5 Å². The van der Waals surface area contributed by atoms with Crippen molar-refractivity contribution in [1.29, 1.82) is 0 Å². The van der Waals surface area contributed by atoms with Crippen molar-refractivity contribution in [1.82, 2.24) is 4.90 Å². The molecule has 23 heavy (non-hydrogen) atoms. The van der Waals surface area contributed by atoms with Gasteiger partial charge in [0.1, 0.15) is 5.60 Å². The number of likely N-dealkylation sites (tertiary alicyclic amines) is 1. The first-order valence-corrected chi connectivity index (χ1v) is 9.86. The Morgan fingerprint density at radius 3 is 2.26 bits per heavy atom. The Labute approximate surface area is 144 Å². The molecule has 1 fully saturated rings. The molecule has 1 aliphatic rings. The number of hydrogen-bond acceptors (Lipinski definition) is 2. The van der Waals surface area contributed by atoms with Crippen molar-refractivity contribution in [2.24, 2.45) is 0 Å². The molecule has 1 heterocycles. The standard InChI is InChI=1S/C20H39NO2/c1-6-7-8-9-10-11-12-15-18-16-13-14-17(2)21(18)19(22)23-20(3,4)5/h17-18H,6-16H2,1-5H3/t17-,18+/m1/s1. The van der Waals surface area contributed by atoms with Gasteiger partial charge >= 0.3 is 6.09 Å². The van der Waals surface area contributed by atoms with Gasteiger partial charge in [0.25, 0.3) is 0 Å². The maximum absolute atomic E-state index is 12.5. The number of amides is 1. The number of hydrogen-bond donors (Lipinski definition) is 0. The SMILES string of the molecule is CCCCCCCCC[C@H]1CCC[C@@H](C)N1C(=O)OC(C)(C)C. The van der Waals surface area contributed by atoms with Gasteiger partial charge in [0.15, 0.2) is 0 Å². The second kappa shape index (κ2) is 10.2. The molecule has 2 atom stereocenters. The molecule has 0 spiro atoms. The number of unbranched alkanes of at least 4 members (excludes halogenated alkanes) is 6. The Morgan fingerprint density at radius 1 is 1.04 bits per heavy atom. The molecular formula is C20H39NO2. The van der Waals surface area contributed by atoms with E-state index in [2.05, 4.69) is 13.8 Å². The van der Waals surface area contributed by atoms with E-state index in [4.69, 9.17) is 4.74 Å². The van der Waals surface area contributed by atoms with Gasteiger partial charge in [-0.1, -0.05) is 51.9 Å². The Hall–Kier alpha value is -0.730. The summed E-state index contributed by atoms with van der Waals surface area (Å²) in [6.45, 7) is 10.3. The molecule has 1 rings (SSSR count). The number of nitrogens with zero attached hydrogens (tertiary/aromatic N) is 1. The van der Waals surface area contributed by atoms with E-state index in [9.17, 15) is 4.79 Å². The lowest BCUT2D eigenvalue weighted by molar-refractivity contribution is -0.00430. The minimum atomic E-state index is -0.405. The van der Waals surface area contributed by atoms with Crippen LogP contribution >= 0.6 is 0 Å². The minimum absolute atomic E-state index is 0.113. The number of rotatable bonds is 8. The first-order chi connectivity index (χ1) is 10.8. The number of ether oxygens (including phenoxy) is 1. The summed E-state index contributed by atoms with van der Waals surface area (Å²) in [5, 5.41) is 0. The Morgan fingerprint density at radius 2 is 1.65 bits per heavy atom. The highest BCUT2D eigenvalue weighted by Crippen LogP contribution is 2.28. The molecule has 0 aliphatic carbocycles. The first kappa shape index (κ1) is 20.3. The van der Waals surface area contributed by atoms with Gasteiger partial charge in [-0.3, -0.25) is 0 Å². The van der Waals surface area contributed by atoms with Gasteiger partial charge in [0.2, 0.25) is 0 Å². The van der Waals surface area contributed by atoms with Crippen LogP contribution in [-0.4, -0.2) is 28.7 Å². The number of carbonyl (C=O) groups is 1. The summed E-state index contributed by atoms with van der Waals surface area (Å²) in [6.07, 6.45) is 13.8. The van der Waals surface area contributed by atoms with Gasteiger partial charge in [-0.05, 0) is 53.4 Å². The van der Waals surface area contributed by atoms with Gasteiger partial charge in [0.05, 0.1) is 0 Å². The summed E-state index contributed by atoms with van der Waals surface area (Å²) in [4.78, 5) is 14.6. The number of piperidine rings is 1. The van der Waals surface area contributed by atoms with E-state index in [1.165, 1.54) is 51.4 Å². The fourth-order valence-electron chi connectivity index (χ4n) is 3.55. The first-order valence-electron chi connectivity index (χ1n) is 9.86. The fourth-order valence-corrected chi connectivity index (χ4v) is 3.55. The molecule has 0 bridgehead atoms. The highest BCUT2D eigenvalue weighted by atomic mass is 16.6. The summed E-state index contributed by atoms with van der Waals surface area (Å²) in [5.41, 5.74) is -0.405.